The molecule has 0 aromatic carbocycles. The molecule has 1 aliphatic carbocycles. The normalized spacial score (nSPS) is 24.2. The van der Waals surface area contributed by atoms with Crippen LogP contribution < -0.4 is 10.6 Å². The second-order valence-electron chi connectivity index (χ2n) is 6.70. The van der Waals surface area contributed by atoms with Crippen molar-refractivity contribution in [2.24, 2.45) is 5.92 Å². The van der Waals surface area contributed by atoms with E-state index < -0.39 is 23.7 Å². The topological polar surface area (TPSA) is 102 Å². The zero-order valence-corrected chi connectivity index (χ0v) is 14.3. The molecule has 2 fully saturated rings. The van der Waals surface area contributed by atoms with E-state index in [4.69, 9.17) is 4.74 Å². The lowest BCUT2D eigenvalue weighted by molar-refractivity contribution is -0.145. The number of rotatable bonds is 9. The largest absolute Gasteiger partial charge is 0.461 e. The SMILES string of the molecule is CCC[C@H](CC(=O)[C@@H]1C[C@@H](OC(C)=O)CN1)C(=O)C(=O)NC1CC1. The van der Waals surface area contributed by atoms with Gasteiger partial charge in [-0.25, -0.2) is 0 Å². The van der Waals surface area contributed by atoms with Gasteiger partial charge in [0, 0.05) is 38.3 Å². The lowest BCUT2D eigenvalue weighted by atomic mass is 9.90. The molecular weight excluding hydrogens is 312 g/mol. The van der Waals surface area contributed by atoms with E-state index in [0.717, 1.165) is 19.3 Å². The fourth-order valence-electron chi connectivity index (χ4n) is 3.00. The van der Waals surface area contributed by atoms with Gasteiger partial charge in [0.05, 0.1) is 6.04 Å². The third-order valence-electron chi connectivity index (χ3n) is 4.40. The fourth-order valence-corrected chi connectivity index (χ4v) is 3.00. The third kappa shape index (κ3) is 5.40. The first-order valence-corrected chi connectivity index (χ1v) is 8.68. The molecular formula is C17H26N2O5. The van der Waals surface area contributed by atoms with Crippen LogP contribution in [0.5, 0.6) is 0 Å². The van der Waals surface area contributed by atoms with Crippen LogP contribution in [0.3, 0.4) is 0 Å². The Morgan fingerprint density at radius 3 is 2.54 bits per heavy atom. The quantitative estimate of drug-likeness (QED) is 0.469. The van der Waals surface area contributed by atoms with Crippen LogP contribution in [0.2, 0.25) is 0 Å². The van der Waals surface area contributed by atoms with Crippen LogP contribution in [0.1, 0.15) is 52.4 Å². The third-order valence-corrected chi connectivity index (χ3v) is 4.40. The molecule has 2 rings (SSSR count). The van der Waals surface area contributed by atoms with E-state index >= 15 is 0 Å². The summed E-state index contributed by atoms with van der Waals surface area (Å²) in [6.45, 7) is 3.70. The number of nitrogens with one attached hydrogen (secondary N) is 2. The average molecular weight is 338 g/mol. The zero-order chi connectivity index (χ0) is 17.7. The van der Waals surface area contributed by atoms with Crippen molar-refractivity contribution in [3.63, 3.8) is 0 Å². The average Bonchev–Trinajstić information content (AvgIpc) is 3.21. The molecule has 7 heteroatoms. The van der Waals surface area contributed by atoms with Crippen LogP contribution >= 0.6 is 0 Å². The molecule has 134 valence electrons. The van der Waals surface area contributed by atoms with Crippen molar-refractivity contribution < 1.29 is 23.9 Å². The van der Waals surface area contributed by atoms with E-state index in [2.05, 4.69) is 10.6 Å². The second kappa shape index (κ2) is 8.37. The van der Waals surface area contributed by atoms with Gasteiger partial charge >= 0.3 is 5.97 Å². The molecule has 1 aliphatic heterocycles. The van der Waals surface area contributed by atoms with Crippen LogP contribution in [-0.2, 0) is 23.9 Å². The monoisotopic (exact) mass is 338 g/mol. The van der Waals surface area contributed by atoms with Gasteiger partial charge in [0.25, 0.3) is 5.91 Å². The van der Waals surface area contributed by atoms with Crippen LogP contribution in [-0.4, -0.2) is 48.2 Å². The summed E-state index contributed by atoms with van der Waals surface area (Å²) in [7, 11) is 0. The Morgan fingerprint density at radius 2 is 1.96 bits per heavy atom. The predicted octanol–water partition coefficient (Wildman–Crippen LogP) is 0.503. The van der Waals surface area contributed by atoms with Gasteiger partial charge in [0.2, 0.25) is 5.78 Å². The summed E-state index contributed by atoms with van der Waals surface area (Å²) in [6.07, 6.45) is 3.24. The molecule has 1 heterocycles. The number of Topliss-reactive ketones (excluding diaryl/α,β-unsaturated/α-hetero) is 2. The minimum atomic E-state index is -0.573. The predicted molar refractivity (Wildman–Crippen MR) is 86.2 cm³/mol. The standard InChI is InChI=1S/C17H26N2O5/c1-3-4-11(16(22)17(23)19-12-5-6-12)7-15(21)14-8-13(9-18-14)24-10(2)20/h11-14,18H,3-9H2,1-2H3,(H,19,23)/t11-,13-,14+/m1/s1. The summed E-state index contributed by atoms with van der Waals surface area (Å²) in [4.78, 5) is 47.7. The second-order valence-corrected chi connectivity index (χ2v) is 6.70. The minimum absolute atomic E-state index is 0.0508. The molecule has 1 amide bonds. The molecule has 0 unspecified atom stereocenters. The maximum absolute atomic E-state index is 12.4. The molecule has 0 bridgehead atoms. The Bertz CT molecular complexity index is 515. The van der Waals surface area contributed by atoms with Crippen molar-refractivity contribution in [1.29, 1.82) is 0 Å². The molecule has 1 saturated heterocycles. The van der Waals surface area contributed by atoms with E-state index in [-0.39, 0.29) is 30.3 Å². The lowest BCUT2D eigenvalue weighted by Gasteiger charge is -2.16. The summed E-state index contributed by atoms with van der Waals surface area (Å²) in [6, 6.07) is -0.298. The molecule has 24 heavy (non-hydrogen) atoms. The molecule has 7 nitrogen and oxygen atoms in total. The molecule has 0 spiro atoms. The summed E-state index contributed by atoms with van der Waals surface area (Å²) < 4.78 is 5.10. The Kier molecular flexibility index (Phi) is 6.48. The van der Waals surface area contributed by atoms with Crippen molar-refractivity contribution in [1.82, 2.24) is 10.6 Å². The number of hydrogen-bond acceptors (Lipinski definition) is 6. The van der Waals surface area contributed by atoms with Crippen molar-refractivity contribution in [2.75, 3.05) is 6.54 Å². The molecule has 2 N–H and O–H groups in total. The van der Waals surface area contributed by atoms with Gasteiger partial charge < -0.3 is 15.4 Å². The number of carbonyl (C=O) groups excluding carboxylic acids is 4. The van der Waals surface area contributed by atoms with Gasteiger partial charge in [0.1, 0.15) is 6.10 Å². The van der Waals surface area contributed by atoms with Crippen molar-refractivity contribution in [2.45, 2.75) is 70.6 Å². The highest BCUT2D eigenvalue weighted by atomic mass is 16.5. The van der Waals surface area contributed by atoms with E-state index in [1.165, 1.54) is 6.92 Å². The number of esters is 1. The lowest BCUT2D eigenvalue weighted by Crippen LogP contribution is -2.39. The fraction of sp³-hybridized carbons (Fsp3) is 0.765. The first-order valence-electron chi connectivity index (χ1n) is 8.68. The molecule has 1 saturated carbocycles. The van der Waals surface area contributed by atoms with Crippen LogP contribution in [0.15, 0.2) is 0 Å². The zero-order valence-electron chi connectivity index (χ0n) is 14.3. The highest BCUT2D eigenvalue weighted by molar-refractivity contribution is 6.37. The highest BCUT2D eigenvalue weighted by Crippen LogP contribution is 2.21. The van der Waals surface area contributed by atoms with Gasteiger partial charge in [-0.2, -0.15) is 0 Å². The van der Waals surface area contributed by atoms with Gasteiger partial charge in [-0.3, -0.25) is 19.2 Å². The molecule has 0 radical (unpaired) electrons. The summed E-state index contributed by atoms with van der Waals surface area (Å²) in [5.74, 6) is -2.11. The Morgan fingerprint density at radius 1 is 1.25 bits per heavy atom. The molecule has 2 aliphatic rings. The van der Waals surface area contributed by atoms with Crippen LogP contribution in [0.25, 0.3) is 0 Å². The van der Waals surface area contributed by atoms with E-state index in [9.17, 15) is 19.2 Å². The molecule has 0 aromatic rings. The maximum Gasteiger partial charge on any atom is 0.302 e. The van der Waals surface area contributed by atoms with E-state index in [0.29, 0.717) is 19.4 Å². The minimum Gasteiger partial charge on any atom is -0.461 e. The Balaban J connectivity index is 1.87. The first kappa shape index (κ1) is 18.6. The Labute approximate surface area is 141 Å². The van der Waals surface area contributed by atoms with Crippen molar-refractivity contribution in [3.8, 4) is 0 Å². The maximum atomic E-state index is 12.4. The molecule has 3 atom stereocenters. The van der Waals surface area contributed by atoms with Gasteiger partial charge in [-0.15, -0.1) is 0 Å². The number of ketones is 2. The van der Waals surface area contributed by atoms with Crippen LogP contribution in [0, 0.1) is 5.92 Å². The van der Waals surface area contributed by atoms with Gasteiger partial charge in [0.15, 0.2) is 5.78 Å². The van der Waals surface area contributed by atoms with Crippen LogP contribution in [0.4, 0.5) is 0 Å². The number of carbonyl (C=O) groups is 4. The van der Waals surface area contributed by atoms with Gasteiger partial charge in [-0.1, -0.05) is 13.3 Å². The van der Waals surface area contributed by atoms with E-state index in [1.807, 2.05) is 6.92 Å². The van der Waals surface area contributed by atoms with E-state index in [1.54, 1.807) is 0 Å². The van der Waals surface area contributed by atoms with Crippen molar-refractivity contribution >= 4 is 23.4 Å². The smallest absolute Gasteiger partial charge is 0.302 e. The Hall–Kier alpha value is -1.76. The molecule has 0 aromatic heterocycles. The summed E-state index contributed by atoms with van der Waals surface area (Å²) in [5, 5.41) is 5.72. The summed E-state index contributed by atoms with van der Waals surface area (Å²) in [5.41, 5.74) is 0. The van der Waals surface area contributed by atoms with Crippen molar-refractivity contribution in [3.05, 3.63) is 0 Å². The number of ether oxygens (including phenoxy) is 1. The summed E-state index contributed by atoms with van der Waals surface area (Å²) >= 11 is 0. The first-order chi connectivity index (χ1) is 11.4. The highest BCUT2D eigenvalue weighted by Gasteiger charge is 2.35. The van der Waals surface area contributed by atoms with Gasteiger partial charge in [-0.05, 0) is 19.3 Å². The number of amides is 1. The number of hydrogen-bond donors (Lipinski definition) is 2.